The summed E-state index contributed by atoms with van der Waals surface area (Å²) in [6.07, 6.45) is -3.22. The summed E-state index contributed by atoms with van der Waals surface area (Å²) in [7, 11) is 1.69. The van der Waals surface area contributed by atoms with Crippen molar-refractivity contribution in [3.63, 3.8) is 0 Å². The minimum Gasteiger partial charge on any atom is -0.491 e. The molecule has 1 aromatic carbocycles. The van der Waals surface area contributed by atoms with Gasteiger partial charge >= 0.3 is 6.18 Å². The van der Waals surface area contributed by atoms with Gasteiger partial charge in [0.15, 0.2) is 0 Å². The largest absolute Gasteiger partial charge is 0.491 e. The zero-order chi connectivity index (χ0) is 21.6. The number of rotatable bonds is 5. The molecule has 2 atom stereocenters. The van der Waals surface area contributed by atoms with E-state index in [4.69, 9.17) is 9.47 Å². The molecule has 0 aliphatic carbocycles. The Morgan fingerprint density at radius 3 is 2.84 bits per heavy atom. The number of para-hydroxylation sites is 1. The van der Waals surface area contributed by atoms with Gasteiger partial charge < -0.3 is 19.8 Å². The second-order valence-corrected chi connectivity index (χ2v) is 7.98. The number of alkyl halides is 3. The Labute approximate surface area is 176 Å². The summed E-state index contributed by atoms with van der Waals surface area (Å²) in [4.78, 5) is 12.9. The van der Waals surface area contributed by atoms with Crippen molar-refractivity contribution in [2.45, 2.75) is 18.3 Å². The Bertz CT molecular complexity index is 1080. The molecule has 1 saturated heterocycles. The van der Waals surface area contributed by atoms with Crippen LogP contribution in [-0.2, 0) is 10.9 Å². The lowest BCUT2D eigenvalue weighted by Crippen LogP contribution is -2.59. The molecule has 1 fully saturated rings. The maximum absolute atomic E-state index is 13.2. The van der Waals surface area contributed by atoms with Crippen LogP contribution in [0, 0.1) is 5.92 Å². The minimum atomic E-state index is -4.49. The zero-order valence-electron chi connectivity index (χ0n) is 16.8. The van der Waals surface area contributed by atoms with Crippen molar-refractivity contribution < 1.29 is 22.6 Å². The number of nitrogens with zero attached hydrogens (tertiary/aromatic N) is 3. The third kappa shape index (κ3) is 3.70. The highest BCUT2D eigenvalue weighted by atomic mass is 19.4. The van der Waals surface area contributed by atoms with Crippen molar-refractivity contribution in [1.82, 2.24) is 19.9 Å². The van der Waals surface area contributed by atoms with Gasteiger partial charge in [-0.05, 0) is 12.1 Å². The van der Waals surface area contributed by atoms with Gasteiger partial charge in [0, 0.05) is 31.7 Å². The van der Waals surface area contributed by atoms with E-state index in [0.29, 0.717) is 30.3 Å². The van der Waals surface area contributed by atoms with E-state index < -0.39 is 11.9 Å². The quantitative estimate of drug-likeness (QED) is 0.642. The molecule has 4 heterocycles. The highest BCUT2D eigenvalue weighted by Gasteiger charge is 2.41. The van der Waals surface area contributed by atoms with E-state index in [1.807, 2.05) is 24.3 Å². The smallest absolute Gasteiger partial charge is 0.431 e. The van der Waals surface area contributed by atoms with Crippen LogP contribution in [0.15, 0.2) is 36.7 Å². The molecule has 0 bridgehead atoms. The van der Waals surface area contributed by atoms with Crippen LogP contribution in [0.5, 0.6) is 5.75 Å². The van der Waals surface area contributed by atoms with Gasteiger partial charge in [-0.2, -0.15) is 13.2 Å². The normalized spacial score (nSPS) is 22.1. The number of anilines is 1. The molecule has 164 valence electrons. The number of ether oxygens (including phenoxy) is 2. The third-order valence-corrected chi connectivity index (χ3v) is 5.93. The van der Waals surface area contributed by atoms with Crippen LogP contribution in [0.25, 0.3) is 11.0 Å². The lowest BCUT2D eigenvalue weighted by Gasteiger charge is -2.48. The van der Waals surface area contributed by atoms with E-state index in [9.17, 15) is 13.2 Å². The van der Waals surface area contributed by atoms with E-state index in [-0.39, 0.29) is 17.7 Å². The van der Waals surface area contributed by atoms with Gasteiger partial charge in [0.25, 0.3) is 0 Å². The molecule has 2 N–H and O–H groups in total. The molecule has 2 aromatic heterocycles. The topological polar surface area (TPSA) is 75.3 Å². The number of methoxy groups -OCH3 is 1. The molecule has 0 saturated carbocycles. The molecular weight excluding hydrogens is 411 g/mol. The number of likely N-dealkylation sites (tertiary alicyclic amines) is 1. The lowest BCUT2D eigenvalue weighted by atomic mass is 9.90. The molecule has 3 aromatic rings. The van der Waals surface area contributed by atoms with E-state index >= 15 is 0 Å². The van der Waals surface area contributed by atoms with Crippen LogP contribution in [0.2, 0.25) is 0 Å². The van der Waals surface area contributed by atoms with Gasteiger partial charge in [-0.15, -0.1) is 0 Å². The van der Waals surface area contributed by atoms with Crippen LogP contribution < -0.4 is 10.1 Å². The van der Waals surface area contributed by atoms with Crippen LogP contribution in [-0.4, -0.2) is 59.3 Å². The van der Waals surface area contributed by atoms with Gasteiger partial charge in [-0.25, -0.2) is 9.97 Å². The molecule has 2 aliphatic rings. The summed E-state index contributed by atoms with van der Waals surface area (Å²) >= 11 is 0. The first-order valence-corrected chi connectivity index (χ1v) is 10.1. The number of hydrogen-bond acceptors (Lipinski definition) is 6. The average molecular weight is 433 g/mol. The van der Waals surface area contributed by atoms with E-state index in [1.165, 1.54) is 6.33 Å². The molecule has 10 heteroatoms. The summed E-state index contributed by atoms with van der Waals surface area (Å²) in [5.41, 5.74) is 0.248. The molecule has 0 amide bonds. The standard InChI is InChI=1S/C21H22F3N5O2/c1-30-9-12-7-29(8-12)15-10-31-16-5-3-2-4-13(16)18(15)28-20-14-6-17(21(22,23)24)27-19(14)25-11-26-20/h2-6,11-12,15,18H,7-10H2,1H3,(H2,25,26,27,28)/t15-,18-/m0/s1. The predicted octanol–water partition coefficient (Wildman–Crippen LogP) is 3.47. The Morgan fingerprint density at radius 1 is 1.26 bits per heavy atom. The number of aromatic nitrogens is 3. The first kappa shape index (κ1) is 20.1. The Kier molecular flexibility index (Phi) is 4.98. The molecule has 0 spiro atoms. The summed E-state index contributed by atoms with van der Waals surface area (Å²) in [6, 6.07) is 8.57. The van der Waals surface area contributed by atoms with Crippen molar-refractivity contribution in [2.24, 2.45) is 5.92 Å². The third-order valence-electron chi connectivity index (χ3n) is 5.93. The highest BCUT2D eigenvalue weighted by Crippen LogP contribution is 2.40. The van der Waals surface area contributed by atoms with Gasteiger partial charge in [-0.3, -0.25) is 4.90 Å². The van der Waals surface area contributed by atoms with Crippen LogP contribution in [0.1, 0.15) is 17.3 Å². The minimum absolute atomic E-state index is 0.00838. The average Bonchev–Trinajstić information content (AvgIpc) is 3.17. The predicted molar refractivity (Wildman–Crippen MR) is 108 cm³/mol. The number of aromatic amines is 1. The molecule has 31 heavy (non-hydrogen) atoms. The summed E-state index contributed by atoms with van der Waals surface area (Å²) in [5, 5.41) is 3.70. The molecule has 5 rings (SSSR count). The van der Waals surface area contributed by atoms with E-state index in [0.717, 1.165) is 30.5 Å². The molecule has 7 nitrogen and oxygen atoms in total. The molecular formula is C21H22F3N5O2. The number of benzene rings is 1. The zero-order valence-corrected chi connectivity index (χ0v) is 16.8. The maximum atomic E-state index is 13.2. The van der Waals surface area contributed by atoms with Gasteiger partial charge in [0.05, 0.1) is 24.1 Å². The number of nitrogens with one attached hydrogen (secondary N) is 2. The lowest BCUT2D eigenvalue weighted by molar-refractivity contribution is -0.140. The SMILES string of the molecule is COCC1CN([C@H]2COc3ccccc3[C@@H]2Nc2ncnc3[nH]c(C(F)(F)F)cc23)C1. The second kappa shape index (κ2) is 7.69. The number of halogens is 3. The Balaban J connectivity index is 1.48. The number of hydrogen-bond donors (Lipinski definition) is 2. The van der Waals surface area contributed by atoms with Crippen molar-refractivity contribution in [3.8, 4) is 5.75 Å². The maximum Gasteiger partial charge on any atom is 0.431 e. The molecule has 0 radical (unpaired) electrons. The number of H-pyrrole nitrogens is 1. The van der Waals surface area contributed by atoms with Crippen LogP contribution >= 0.6 is 0 Å². The van der Waals surface area contributed by atoms with Gasteiger partial charge in [0.2, 0.25) is 0 Å². The second-order valence-electron chi connectivity index (χ2n) is 7.98. The highest BCUT2D eigenvalue weighted by molar-refractivity contribution is 5.88. The van der Waals surface area contributed by atoms with Crippen molar-refractivity contribution in [3.05, 3.63) is 47.9 Å². The van der Waals surface area contributed by atoms with Crippen molar-refractivity contribution in [1.29, 1.82) is 0 Å². The fourth-order valence-corrected chi connectivity index (χ4v) is 4.41. The number of fused-ring (bicyclic) bond motifs is 2. The Hall–Kier alpha value is -2.85. The van der Waals surface area contributed by atoms with Crippen molar-refractivity contribution >= 4 is 16.9 Å². The van der Waals surface area contributed by atoms with Crippen LogP contribution in [0.4, 0.5) is 19.0 Å². The van der Waals surface area contributed by atoms with Crippen molar-refractivity contribution in [2.75, 3.05) is 38.7 Å². The first-order chi connectivity index (χ1) is 14.9. The van der Waals surface area contributed by atoms with E-state index in [2.05, 4.69) is 25.2 Å². The summed E-state index contributed by atoms with van der Waals surface area (Å²) in [6.45, 7) is 2.94. The molecule has 0 unspecified atom stereocenters. The monoisotopic (exact) mass is 433 g/mol. The summed E-state index contributed by atoms with van der Waals surface area (Å²) in [5.74, 6) is 1.59. The fourth-order valence-electron chi connectivity index (χ4n) is 4.41. The first-order valence-electron chi connectivity index (χ1n) is 10.1. The summed E-state index contributed by atoms with van der Waals surface area (Å²) < 4.78 is 50.8. The van der Waals surface area contributed by atoms with E-state index in [1.54, 1.807) is 7.11 Å². The van der Waals surface area contributed by atoms with Crippen LogP contribution in [0.3, 0.4) is 0 Å². The fraction of sp³-hybridized carbons (Fsp3) is 0.429. The Morgan fingerprint density at radius 2 is 2.06 bits per heavy atom. The van der Waals surface area contributed by atoms with Gasteiger partial charge in [0.1, 0.15) is 35.8 Å². The molecule has 2 aliphatic heterocycles. The van der Waals surface area contributed by atoms with Gasteiger partial charge in [-0.1, -0.05) is 18.2 Å².